The predicted octanol–water partition coefficient (Wildman–Crippen LogP) is 4.55. The van der Waals surface area contributed by atoms with Crippen molar-refractivity contribution in [3.8, 4) is 0 Å². The summed E-state index contributed by atoms with van der Waals surface area (Å²) in [5.41, 5.74) is 10.3. The monoisotopic (exact) mass is 349 g/mol. The van der Waals surface area contributed by atoms with Gasteiger partial charge in [0.25, 0.3) is 0 Å². The minimum Gasteiger partial charge on any atom is -0.481 e. The molecule has 0 saturated heterocycles. The van der Waals surface area contributed by atoms with Crippen LogP contribution in [-0.4, -0.2) is 11.1 Å². The Kier molecular flexibility index (Phi) is 4.62. The molecule has 0 amide bonds. The van der Waals surface area contributed by atoms with Gasteiger partial charge in [0, 0.05) is 12.0 Å². The SMILES string of the molecule is N[C@H]1CC[C@@H](c2ccc(Cl)c(Cl)c2)c2ccc(CC(=O)O)cc21. The van der Waals surface area contributed by atoms with Crippen molar-refractivity contribution in [1.82, 2.24) is 0 Å². The van der Waals surface area contributed by atoms with E-state index in [1.165, 1.54) is 0 Å². The van der Waals surface area contributed by atoms with Gasteiger partial charge >= 0.3 is 5.97 Å². The number of nitrogens with two attached hydrogens (primary N) is 1. The van der Waals surface area contributed by atoms with Gasteiger partial charge in [-0.15, -0.1) is 0 Å². The van der Waals surface area contributed by atoms with Crippen molar-refractivity contribution in [2.75, 3.05) is 0 Å². The molecule has 3 rings (SSSR count). The van der Waals surface area contributed by atoms with Gasteiger partial charge in [-0.1, -0.05) is 47.5 Å². The van der Waals surface area contributed by atoms with Crippen LogP contribution in [0.4, 0.5) is 0 Å². The summed E-state index contributed by atoms with van der Waals surface area (Å²) in [6.45, 7) is 0. The minimum atomic E-state index is -0.838. The van der Waals surface area contributed by atoms with Crippen molar-refractivity contribution in [2.24, 2.45) is 5.73 Å². The van der Waals surface area contributed by atoms with Crippen LogP contribution in [0.25, 0.3) is 0 Å². The van der Waals surface area contributed by atoms with Crippen molar-refractivity contribution in [2.45, 2.75) is 31.2 Å². The second kappa shape index (κ2) is 6.52. The third kappa shape index (κ3) is 3.37. The Morgan fingerprint density at radius 2 is 1.87 bits per heavy atom. The van der Waals surface area contributed by atoms with Gasteiger partial charge in [0.15, 0.2) is 0 Å². The maximum absolute atomic E-state index is 10.9. The number of hydrogen-bond donors (Lipinski definition) is 2. The fourth-order valence-electron chi connectivity index (χ4n) is 3.28. The van der Waals surface area contributed by atoms with E-state index >= 15 is 0 Å². The number of hydrogen-bond acceptors (Lipinski definition) is 2. The van der Waals surface area contributed by atoms with E-state index in [9.17, 15) is 4.79 Å². The smallest absolute Gasteiger partial charge is 0.307 e. The first-order chi connectivity index (χ1) is 11.0. The summed E-state index contributed by atoms with van der Waals surface area (Å²) < 4.78 is 0. The zero-order chi connectivity index (χ0) is 16.6. The average molecular weight is 350 g/mol. The molecule has 0 saturated carbocycles. The molecular weight excluding hydrogens is 333 g/mol. The van der Waals surface area contributed by atoms with Crippen LogP contribution in [0.5, 0.6) is 0 Å². The van der Waals surface area contributed by atoms with Crippen molar-refractivity contribution >= 4 is 29.2 Å². The van der Waals surface area contributed by atoms with Crippen LogP contribution in [0.3, 0.4) is 0 Å². The predicted molar refractivity (Wildman–Crippen MR) is 92.2 cm³/mol. The van der Waals surface area contributed by atoms with E-state index in [0.717, 1.165) is 35.1 Å². The van der Waals surface area contributed by atoms with Crippen LogP contribution in [0.1, 0.15) is 47.1 Å². The topological polar surface area (TPSA) is 63.3 Å². The van der Waals surface area contributed by atoms with Crippen LogP contribution in [0.15, 0.2) is 36.4 Å². The first-order valence-electron chi connectivity index (χ1n) is 7.50. The van der Waals surface area contributed by atoms with E-state index in [1.807, 2.05) is 36.4 Å². The average Bonchev–Trinajstić information content (AvgIpc) is 2.50. The van der Waals surface area contributed by atoms with Crippen LogP contribution < -0.4 is 5.73 Å². The molecule has 0 spiro atoms. The number of fused-ring (bicyclic) bond motifs is 1. The lowest BCUT2D eigenvalue weighted by molar-refractivity contribution is -0.136. The molecule has 0 aromatic heterocycles. The van der Waals surface area contributed by atoms with E-state index in [0.29, 0.717) is 10.0 Å². The molecule has 0 heterocycles. The molecule has 0 bridgehead atoms. The molecule has 3 N–H and O–H groups in total. The highest BCUT2D eigenvalue weighted by atomic mass is 35.5. The molecule has 5 heteroatoms. The Balaban J connectivity index is 2.01. The molecule has 0 fully saturated rings. The van der Waals surface area contributed by atoms with Crippen molar-refractivity contribution < 1.29 is 9.90 Å². The number of carboxylic acids is 1. The maximum Gasteiger partial charge on any atom is 0.307 e. The summed E-state index contributed by atoms with van der Waals surface area (Å²) in [4.78, 5) is 10.9. The van der Waals surface area contributed by atoms with E-state index in [1.54, 1.807) is 0 Å². The summed E-state index contributed by atoms with van der Waals surface area (Å²) in [6, 6.07) is 11.4. The molecule has 23 heavy (non-hydrogen) atoms. The third-order valence-corrected chi connectivity index (χ3v) is 5.13. The van der Waals surface area contributed by atoms with Crippen molar-refractivity contribution in [3.63, 3.8) is 0 Å². The van der Waals surface area contributed by atoms with Gasteiger partial charge < -0.3 is 10.8 Å². The Bertz CT molecular complexity index is 761. The van der Waals surface area contributed by atoms with Gasteiger partial charge in [0.2, 0.25) is 0 Å². The molecule has 2 aromatic carbocycles. The molecule has 1 aliphatic carbocycles. The Morgan fingerprint density at radius 3 is 2.57 bits per heavy atom. The zero-order valence-corrected chi connectivity index (χ0v) is 13.9. The fraction of sp³-hybridized carbons (Fsp3) is 0.278. The highest BCUT2D eigenvalue weighted by molar-refractivity contribution is 6.42. The normalized spacial score (nSPS) is 20.1. The maximum atomic E-state index is 10.9. The van der Waals surface area contributed by atoms with Crippen LogP contribution in [-0.2, 0) is 11.2 Å². The van der Waals surface area contributed by atoms with E-state index in [-0.39, 0.29) is 18.4 Å². The van der Waals surface area contributed by atoms with Gasteiger partial charge in [-0.25, -0.2) is 0 Å². The number of aliphatic carboxylic acids is 1. The standard InChI is InChI=1S/C18H17Cl2NO2/c19-15-5-2-11(9-16(15)20)12-4-6-17(21)14-7-10(8-18(22)23)1-3-13(12)14/h1-3,5,7,9,12,17H,4,6,8,21H2,(H,22,23)/t12-,17-/m0/s1. The quantitative estimate of drug-likeness (QED) is 0.854. The van der Waals surface area contributed by atoms with Crippen LogP contribution in [0.2, 0.25) is 10.0 Å². The molecule has 0 aliphatic heterocycles. The Morgan fingerprint density at radius 1 is 1.09 bits per heavy atom. The number of rotatable bonds is 3. The summed E-state index contributed by atoms with van der Waals surface area (Å²) >= 11 is 12.2. The number of halogens is 2. The van der Waals surface area contributed by atoms with Gasteiger partial charge in [0.05, 0.1) is 16.5 Å². The minimum absolute atomic E-state index is 0.0113. The molecule has 0 radical (unpaired) electrons. The number of benzene rings is 2. The highest BCUT2D eigenvalue weighted by Gasteiger charge is 2.27. The van der Waals surface area contributed by atoms with E-state index in [4.69, 9.17) is 34.0 Å². The van der Waals surface area contributed by atoms with Crippen LogP contribution in [0, 0.1) is 0 Å². The van der Waals surface area contributed by atoms with Crippen molar-refractivity contribution in [3.05, 3.63) is 68.7 Å². The summed E-state index contributed by atoms with van der Waals surface area (Å²) in [5.74, 6) is -0.631. The molecular formula is C18H17Cl2NO2. The lowest BCUT2D eigenvalue weighted by Gasteiger charge is -2.30. The Hall–Kier alpha value is -1.55. The Labute approximate surface area is 145 Å². The molecule has 0 unspecified atom stereocenters. The summed E-state index contributed by atoms with van der Waals surface area (Å²) in [7, 11) is 0. The van der Waals surface area contributed by atoms with Gasteiger partial charge in [-0.3, -0.25) is 4.79 Å². The molecule has 2 atom stereocenters. The molecule has 3 nitrogen and oxygen atoms in total. The molecule has 1 aliphatic rings. The van der Waals surface area contributed by atoms with Crippen molar-refractivity contribution in [1.29, 1.82) is 0 Å². The highest BCUT2D eigenvalue weighted by Crippen LogP contribution is 2.41. The second-order valence-corrected chi connectivity index (χ2v) is 6.76. The first kappa shape index (κ1) is 16.3. The van der Waals surface area contributed by atoms with E-state index < -0.39 is 5.97 Å². The fourth-order valence-corrected chi connectivity index (χ4v) is 3.59. The number of carboxylic acid groups (broad SMARTS) is 1. The van der Waals surface area contributed by atoms with Gasteiger partial charge in [-0.05, 0) is 47.2 Å². The van der Waals surface area contributed by atoms with Gasteiger partial charge in [0.1, 0.15) is 0 Å². The lowest BCUT2D eigenvalue weighted by atomic mass is 9.76. The third-order valence-electron chi connectivity index (χ3n) is 4.39. The molecule has 120 valence electrons. The summed E-state index contributed by atoms with van der Waals surface area (Å²) in [6.07, 6.45) is 1.80. The second-order valence-electron chi connectivity index (χ2n) is 5.94. The van der Waals surface area contributed by atoms with Gasteiger partial charge in [-0.2, -0.15) is 0 Å². The first-order valence-corrected chi connectivity index (χ1v) is 8.26. The van der Waals surface area contributed by atoms with E-state index in [2.05, 4.69) is 0 Å². The zero-order valence-electron chi connectivity index (χ0n) is 12.4. The molecule has 2 aromatic rings. The number of carbonyl (C=O) groups is 1. The lowest BCUT2D eigenvalue weighted by Crippen LogP contribution is -2.21. The summed E-state index contributed by atoms with van der Waals surface area (Å²) in [5, 5.41) is 10.1. The largest absolute Gasteiger partial charge is 0.481 e. The van der Waals surface area contributed by atoms with Crippen LogP contribution >= 0.6 is 23.2 Å².